The summed E-state index contributed by atoms with van der Waals surface area (Å²) in [6.07, 6.45) is 7.38. The summed E-state index contributed by atoms with van der Waals surface area (Å²) < 4.78 is 0. The number of hydrazine groups is 1. The van der Waals surface area contributed by atoms with Crippen LogP contribution < -0.4 is 10.9 Å². The predicted molar refractivity (Wildman–Crippen MR) is 47.6 cm³/mol. The molecular weight excluding hydrogens is 156 g/mol. The van der Waals surface area contributed by atoms with Crippen molar-refractivity contribution < 1.29 is 4.79 Å². The molecule has 3 N–H and O–H groups in total. The van der Waals surface area contributed by atoms with Crippen LogP contribution >= 0.6 is 0 Å². The molecule has 2 aliphatic rings. The van der Waals surface area contributed by atoms with Crippen molar-refractivity contribution in [3.8, 4) is 0 Å². The number of nitrogens with two attached hydrogens (primary N) is 1. The maximum absolute atomic E-state index is 10.8. The zero-order chi connectivity index (χ0) is 8.27. The van der Waals surface area contributed by atoms with Gasteiger partial charge in [0.2, 0.25) is 0 Å². The molecule has 0 heterocycles. The minimum absolute atomic E-state index is 0.185. The van der Waals surface area contributed by atoms with E-state index >= 15 is 0 Å². The van der Waals surface area contributed by atoms with Crippen LogP contribution in [-0.2, 0) is 4.79 Å². The van der Waals surface area contributed by atoms with Crippen molar-refractivity contribution in [1.29, 1.82) is 0 Å². The van der Waals surface area contributed by atoms with Crippen molar-refractivity contribution >= 4 is 16.2 Å². The first-order chi connectivity index (χ1) is 5.29. The molecule has 58 valence electrons. The fraction of sp³-hybridized carbons (Fsp3) is 0. The highest BCUT2D eigenvalue weighted by atomic mass is 28.2. The van der Waals surface area contributed by atoms with Crippen molar-refractivity contribution in [3.63, 3.8) is 0 Å². The van der Waals surface area contributed by atoms with Gasteiger partial charge in [-0.15, -0.1) is 0 Å². The van der Waals surface area contributed by atoms with Crippen LogP contribution in [0.5, 0.6) is 0 Å². The maximum Gasteiger partial charge on any atom is 0.193 e. The molecule has 0 spiro atoms. The number of carbonyl (C=O) groups excluding carboxylic acids is 1. The summed E-state index contributed by atoms with van der Waals surface area (Å²) in [5, 5.41) is 2.39. The smallest absolute Gasteiger partial charge is 0.193 e. The van der Waals surface area contributed by atoms with Crippen LogP contribution in [0.3, 0.4) is 0 Å². The molecule has 2 rings (SSSR count). The van der Waals surface area contributed by atoms with Gasteiger partial charge < -0.3 is 0 Å². The van der Waals surface area contributed by atoms with Gasteiger partial charge in [0.1, 0.15) is 0 Å². The van der Waals surface area contributed by atoms with Crippen molar-refractivity contribution in [2.24, 2.45) is 5.84 Å². The van der Waals surface area contributed by atoms with Crippen molar-refractivity contribution in [2.45, 2.75) is 0 Å². The molecule has 2 bridgehead atoms. The minimum Gasteiger partial charge on any atom is -0.292 e. The van der Waals surface area contributed by atoms with E-state index in [9.17, 15) is 4.79 Å². The molecule has 2 aliphatic carbocycles. The van der Waals surface area contributed by atoms with E-state index < -0.39 is 0 Å². The first-order valence-corrected chi connectivity index (χ1v) is 4.31. The number of nitrogens with one attached hydrogen (secondary N) is 1. The lowest BCUT2D eigenvalue weighted by molar-refractivity contribution is -0.111. The molecule has 0 amide bonds. The SMILES string of the molecule is NN[SiH3].O=C1C2=CC=C1C=C2. The summed E-state index contributed by atoms with van der Waals surface area (Å²) in [6.45, 7) is 0. The lowest BCUT2D eigenvalue weighted by Crippen LogP contribution is -2.15. The molecular formula is C7H10N2OSi. The summed E-state index contributed by atoms with van der Waals surface area (Å²) in [5.41, 5.74) is 1.67. The fourth-order valence-corrected chi connectivity index (χ4v) is 0.940. The second-order valence-corrected chi connectivity index (χ2v) is 2.77. The van der Waals surface area contributed by atoms with Crippen molar-refractivity contribution in [3.05, 3.63) is 35.5 Å². The van der Waals surface area contributed by atoms with Crippen molar-refractivity contribution in [1.82, 2.24) is 5.09 Å². The molecule has 0 saturated carbocycles. The Kier molecular flexibility index (Phi) is 2.53. The average Bonchev–Trinajstić information content (AvgIpc) is 2.51. The van der Waals surface area contributed by atoms with Crippen LogP contribution in [0, 0.1) is 0 Å². The third-order valence-electron chi connectivity index (χ3n) is 1.41. The molecule has 0 saturated heterocycles. The van der Waals surface area contributed by atoms with Gasteiger partial charge >= 0.3 is 0 Å². The fourth-order valence-electron chi connectivity index (χ4n) is 0.940. The highest BCUT2D eigenvalue weighted by molar-refractivity contribution is 6.17. The number of carbonyl (C=O) groups is 1. The number of allylic oxidation sites excluding steroid dienone is 6. The molecule has 0 aliphatic heterocycles. The Labute approximate surface area is 68.1 Å². The average molecular weight is 166 g/mol. The van der Waals surface area contributed by atoms with Gasteiger partial charge in [0.15, 0.2) is 5.78 Å². The summed E-state index contributed by atoms with van der Waals surface area (Å²) in [4.78, 5) is 10.8. The van der Waals surface area contributed by atoms with E-state index in [-0.39, 0.29) is 5.78 Å². The van der Waals surface area contributed by atoms with Gasteiger partial charge in [0.05, 0.1) is 10.4 Å². The molecule has 0 atom stereocenters. The Bertz CT molecular complexity index is 242. The molecule has 0 aromatic heterocycles. The van der Waals surface area contributed by atoms with Gasteiger partial charge in [0, 0.05) is 11.1 Å². The molecule has 3 nitrogen and oxygen atoms in total. The highest BCUT2D eigenvalue weighted by Gasteiger charge is 2.19. The van der Waals surface area contributed by atoms with Gasteiger partial charge in [0.25, 0.3) is 0 Å². The Hall–Kier alpha value is -0.973. The van der Waals surface area contributed by atoms with Crippen LogP contribution in [0.25, 0.3) is 0 Å². The molecule has 0 fully saturated rings. The van der Waals surface area contributed by atoms with Gasteiger partial charge in [-0.2, -0.15) is 0 Å². The standard InChI is InChI=1S/C7H4O.H6N2Si/c8-7-5-1-2-6(7)4-3-5;1-2-3/h1-4H;2H,1H2,3H3. The molecule has 0 unspecified atom stereocenters. The summed E-state index contributed by atoms with van der Waals surface area (Å²) in [5.74, 6) is 4.84. The van der Waals surface area contributed by atoms with Gasteiger partial charge in [-0.1, -0.05) is 24.3 Å². The second-order valence-electron chi connectivity index (χ2n) is 2.20. The largest absolute Gasteiger partial charge is 0.292 e. The van der Waals surface area contributed by atoms with E-state index in [0.717, 1.165) is 21.6 Å². The van der Waals surface area contributed by atoms with Gasteiger partial charge in [-0.05, 0) is 0 Å². The topological polar surface area (TPSA) is 55.1 Å². The maximum atomic E-state index is 10.8. The van der Waals surface area contributed by atoms with E-state index in [1.807, 2.05) is 24.3 Å². The monoisotopic (exact) mass is 166 g/mol. The van der Waals surface area contributed by atoms with Crippen LogP contribution in [0.4, 0.5) is 0 Å². The number of hydrogen-bond acceptors (Lipinski definition) is 3. The number of hydrogen-bond donors (Lipinski definition) is 2. The Morgan fingerprint density at radius 3 is 1.73 bits per heavy atom. The number of ketones is 1. The first kappa shape index (κ1) is 8.13. The third-order valence-corrected chi connectivity index (χ3v) is 1.41. The number of Topliss-reactive ketones (excluding diaryl/α,β-unsaturated/α-hetero) is 1. The molecule has 0 aromatic carbocycles. The lowest BCUT2D eigenvalue weighted by atomic mass is 10.2. The van der Waals surface area contributed by atoms with Crippen LogP contribution in [0.15, 0.2) is 35.5 Å². The molecule has 4 heteroatoms. The minimum atomic E-state index is 0.185. The summed E-state index contributed by atoms with van der Waals surface area (Å²) in [7, 11) is 0.897. The first-order valence-electron chi connectivity index (χ1n) is 3.31. The third kappa shape index (κ3) is 1.54. The van der Waals surface area contributed by atoms with E-state index in [0.29, 0.717) is 0 Å². The number of rotatable bonds is 0. The summed E-state index contributed by atoms with van der Waals surface area (Å²) in [6, 6.07) is 0. The second kappa shape index (κ2) is 3.43. The molecule has 0 radical (unpaired) electrons. The Morgan fingerprint density at radius 2 is 1.64 bits per heavy atom. The zero-order valence-corrected chi connectivity index (χ0v) is 8.29. The lowest BCUT2D eigenvalue weighted by Gasteiger charge is -1.78. The van der Waals surface area contributed by atoms with E-state index in [4.69, 9.17) is 0 Å². The Morgan fingerprint density at radius 1 is 1.27 bits per heavy atom. The summed E-state index contributed by atoms with van der Waals surface area (Å²) >= 11 is 0. The normalized spacial score (nSPS) is 17.7. The van der Waals surface area contributed by atoms with Crippen LogP contribution in [0.1, 0.15) is 0 Å². The van der Waals surface area contributed by atoms with Gasteiger partial charge in [-0.3, -0.25) is 15.7 Å². The quantitative estimate of drug-likeness (QED) is 0.268. The van der Waals surface area contributed by atoms with E-state index in [2.05, 4.69) is 10.9 Å². The van der Waals surface area contributed by atoms with Crippen molar-refractivity contribution in [2.75, 3.05) is 0 Å². The van der Waals surface area contributed by atoms with E-state index in [1.165, 1.54) is 0 Å². The number of fused-ring (bicyclic) bond motifs is 2. The highest BCUT2D eigenvalue weighted by Crippen LogP contribution is 2.23. The Balaban J connectivity index is 0.000000179. The van der Waals surface area contributed by atoms with Gasteiger partial charge in [-0.25, -0.2) is 0 Å². The predicted octanol–water partition coefficient (Wildman–Crippen LogP) is -1.28. The molecule has 0 aromatic rings. The zero-order valence-electron chi connectivity index (χ0n) is 6.29. The molecule has 11 heavy (non-hydrogen) atoms. The van der Waals surface area contributed by atoms with Crippen LogP contribution in [-0.4, -0.2) is 16.2 Å². The van der Waals surface area contributed by atoms with E-state index in [1.54, 1.807) is 0 Å². The van der Waals surface area contributed by atoms with Crippen LogP contribution in [0.2, 0.25) is 0 Å².